The second-order valence-electron chi connectivity index (χ2n) is 8.32. The summed E-state index contributed by atoms with van der Waals surface area (Å²) in [6, 6.07) is 9.11. The van der Waals surface area contributed by atoms with E-state index in [-0.39, 0.29) is 5.60 Å². The molecule has 144 valence electrons. The maximum absolute atomic E-state index is 6.40. The maximum Gasteiger partial charge on any atom is 0.118 e. The van der Waals surface area contributed by atoms with Gasteiger partial charge in [-0.1, -0.05) is 12.1 Å². The second-order valence-corrected chi connectivity index (χ2v) is 8.32. The van der Waals surface area contributed by atoms with Crippen molar-refractivity contribution in [3.63, 3.8) is 0 Å². The predicted molar refractivity (Wildman–Crippen MR) is 104 cm³/mol. The van der Waals surface area contributed by atoms with Crippen LogP contribution in [0.3, 0.4) is 0 Å². The smallest absolute Gasteiger partial charge is 0.118 e. The van der Waals surface area contributed by atoms with Crippen LogP contribution >= 0.6 is 0 Å². The summed E-state index contributed by atoms with van der Waals surface area (Å²) in [5.74, 6) is 0.931. The number of hydrogen-bond donors (Lipinski definition) is 0. The van der Waals surface area contributed by atoms with Gasteiger partial charge in [-0.2, -0.15) is 0 Å². The molecule has 1 spiro atoms. The maximum atomic E-state index is 6.40. The van der Waals surface area contributed by atoms with E-state index in [1.165, 1.54) is 51.0 Å². The summed E-state index contributed by atoms with van der Waals surface area (Å²) in [5, 5.41) is 0. The molecule has 3 aliphatic rings. The molecular weight excluding hydrogens is 326 g/mol. The normalized spacial score (nSPS) is 27.8. The van der Waals surface area contributed by atoms with Crippen molar-refractivity contribution in [3.05, 3.63) is 29.8 Å². The number of hydrogen-bond acceptors (Lipinski definition) is 5. The fourth-order valence-corrected chi connectivity index (χ4v) is 4.70. The van der Waals surface area contributed by atoms with Gasteiger partial charge in [0.25, 0.3) is 0 Å². The Bertz CT molecular complexity index is 575. The molecule has 0 amide bonds. The summed E-state index contributed by atoms with van der Waals surface area (Å²) >= 11 is 0. The molecule has 1 aromatic rings. The van der Waals surface area contributed by atoms with Gasteiger partial charge in [0.2, 0.25) is 0 Å². The lowest BCUT2D eigenvalue weighted by Crippen LogP contribution is -2.50. The molecule has 1 aromatic carbocycles. The van der Waals surface area contributed by atoms with Crippen molar-refractivity contribution in [2.75, 3.05) is 60.0 Å². The van der Waals surface area contributed by atoms with Crippen LogP contribution in [-0.4, -0.2) is 86.4 Å². The molecule has 0 radical (unpaired) electrons. The molecule has 3 heterocycles. The molecule has 4 rings (SSSR count). The molecule has 3 aliphatic heterocycles. The van der Waals surface area contributed by atoms with Gasteiger partial charge in [-0.05, 0) is 44.0 Å². The molecular formula is C21H33N3O2. The molecule has 3 fully saturated rings. The van der Waals surface area contributed by atoms with Crippen LogP contribution in [0.4, 0.5) is 0 Å². The highest BCUT2D eigenvalue weighted by atomic mass is 16.5. The van der Waals surface area contributed by atoms with Crippen LogP contribution in [-0.2, 0) is 11.3 Å². The van der Waals surface area contributed by atoms with Crippen LogP contribution in [0.2, 0.25) is 0 Å². The zero-order chi connectivity index (χ0) is 18.0. The standard InChI is InChI=1S/C21H33N3O2/c1-22-11-13-24(14-12-22)19-15-21(26-17-19)7-9-23(10-8-21)16-18-3-5-20(25-2)6-4-18/h3-6,19H,7-17H2,1-2H3/t19-/m0/s1. The van der Waals surface area contributed by atoms with Crippen molar-refractivity contribution >= 4 is 0 Å². The molecule has 0 unspecified atom stereocenters. The Labute approximate surface area is 157 Å². The van der Waals surface area contributed by atoms with Gasteiger partial charge >= 0.3 is 0 Å². The first-order valence-corrected chi connectivity index (χ1v) is 10.1. The van der Waals surface area contributed by atoms with Gasteiger partial charge in [0, 0.05) is 51.9 Å². The number of benzene rings is 1. The summed E-state index contributed by atoms with van der Waals surface area (Å²) in [6.45, 7) is 9.03. The van der Waals surface area contributed by atoms with E-state index in [2.05, 4.69) is 46.0 Å². The summed E-state index contributed by atoms with van der Waals surface area (Å²) in [6.07, 6.45) is 3.58. The van der Waals surface area contributed by atoms with Crippen molar-refractivity contribution < 1.29 is 9.47 Å². The third kappa shape index (κ3) is 4.06. The molecule has 0 aliphatic carbocycles. The molecule has 5 heteroatoms. The predicted octanol–water partition coefficient (Wildman–Crippen LogP) is 2.07. The number of nitrogens with zero attached hydrogens (tertiary/aromatic N) is 3. The minimum Gasteiger partial charge on any atom is -0.497 e. The molecule has 0 saturated carbocycles. The summed E-state index contributed by atoms with van der Waals surface area (Å²) in [4.78, 5) is 7.66. The zero-order valence-corrected chi connectivity index (χ0v) is 16.3. The molecule has 3 saturated heterocycles. The molecule has 5 nitrogen and oxygen atoms in total. The average Bonchev–Trinajstić information content (AvgIpc) is 3.09. The third-order valence-corrected chi connectivity index (χ3v) is 6.58. The van der Waals surface area contributed by atoms with E-state index in [1.54, 1.807) is 7.11 Å². The highest BCUT2D eigenvalue weighted by Gasteiger charge is 2.44. The highest BCUT2D eigenvalue weighted by molar-refractivity contribution is 5.27. The number of likely N-dealkylation sites (tertiary alicyclic amines) is 1. The van der Waals surface area contributed by atoms with Crippen molar-refractivity contribution in [2.24, 2.45) is 0 Å². The van der Waals surface area contributed by atoms with Crippen molar-refractivity contribution in [2.45, 2.75) is 37.5 Å². The van der Waals surface area contributed by atoms with E-state index < -0.39 is 0 Å². The van der Waals surface area contributed by atoms with Crippen molar-refractivity contribution in [1.82, 2.24) is 14.7 Å². The van der Waals surface area contributed by atoms with E-state index >= 15 is 0 Å². The number of methoxy groups -OCH3 is 1. The van der Waals surface area contributed by atoms with Gasteiger partial charge in [-0.3, -0.25) is 9.80 Å². The lowest BCUT2D eigenvalue weighted by Gasteiger charge is -2.40. The van der Waals surface area contributed by atoms with Gasteiger partial charge in [0.05, 0.1) is 19.3 Å². The van der Waals surface area contributed by atoms with Crippen molar-refractivity contribution in [3.8, 4) is 5.75 Å². The van der Waals surface area contributed by atoms with Crippen LogP contribution in [0.25, 0.3) is 0 Å². The monoisotopic (exact) mass is 359 g/mol. The SMILES string of the molecule is COc1ccc(CN2CCC3(CC2)C[C@H](N2CCN(C)CC2)CO3)cc1. The Kier molecular flexibility index (Phi) is 5.50. The first-order chi connectivity index (χ1) is 12.7. The van der Waals surface area contributed by atoms with E-state index in [9.17, 15) is 0 Å². The van der Waals surface area contributed by atoms with Gasteiger partial charge < -0.3 is 14.4 Å². The Morgan fingerprint density at radius 1 is 1.04 bits per heavy atom. The fourth-order valence-electron chi connectivity index (χ4n) is 4.70. The first-order valence-electron chi connectivity index (χ1n) is 10.1. The zero-order valence-electron chi connectivity index (χ0n) is 16.3. The van der Waals surface area contributed by atoms with Gasteiger partial charge in [0.1, 0.15) is 5.75 Å². The molecule has 0 aromatic heterocycles. The van der Waals surface area contributed by atoms with E-state index in [0.29, 0.717) is 6.04 Å². The Morgan fingerprint density at radius 2 is 1.73 bits per heavy atom. The van der Waals surface area contributed by atoms with E-state index in [0.717, 1.165) is 32.0 Å². The van der Waals surface area contributed by atoms with Gasteiger partial charge in [-0.25, -0.2) is 0 Å². The fraction of sp³-hybridized carbons (Fsp3) is 0.714. The lowest BCUT2D eigenvalue weighted by atomic mass is 9.87. The van der Waals surface area contributed by atoms with Gasteiger partial charge in [-0.15, -0.1) is 0 Å². The topological polar surface area (TPSA) is 28.2 Å². The first kappa shape index (κ1) is 18.2. The van der Waals surface area contributed by atoms with Crippen molar-refractivity contribution in [1.29, 1.82) is 0 Å². The Hall–Kier alpha value is -1.14. The van der Waals surface area contributed by atoms with Crippen LogP contribution in [0, 0.1) is 0 Å². The number of ether oxygens (including phenoxy) is 2. The summed E-state index contributed by atoms with van der Waals surface area (Å²) < 4.78 is 11.7. The lowest BCUT2D eigenvalue weighted by molar-refractivity contribution is -0.0454. The molecule has 1 atom stereocenters. The number of likely N-dealkylation sites (N-methyl/N-ethyl adjacent to an activating group) is 1. The summed E-state index contributed by atoms with van der Waals surface area (Å²) in [7, 11) is 3.94. The number of piperidine rings is 1. The minimum absolute atomic E-state index is 0.143. The number of piperazine rings is 1. The molecule has 0 N–H and O–H groups in total. The quantitative estimate of drug-likeness (QED) is 0.821. The average molecular weight is 360 g/mol. The van der Waals surface area contributed by atoms with E-state index in [4.69, 9.17) is 9.47 Å². The Balaban J connectivity index is 1.26. The minimum atomic E-state index is 0.143. The summed E-state index contributed by atoms with van der Waals surface area (Å²) in [5.41, 5.74) is 1.51. The highest BCUT2D eigenvalue weighted by Crippen LogP contribution is 2.38. The van der Waals surface area contributed by atoms with Gasteiger partial charge in [0.15, 0.2) is 0 Å². The Morgan fingerprint density at radius 3 is 2.38 bits per heavy atom. The third-order valence-electron chi connectivity index (χ3n) is 6.58. The van der Waals surface area contributed by atoms with E-state index in [1.807, 2.05) is 0 Å². The van der Waals surface area contributed by atoms with Crippen LogP contribution in [0.15, 0.2) is 24.3 Å². The second kappa shape index (κ2) is 7.85. The van der Waals surface area contributed by atoms with Crippen LogP contribution < -0.4 is 4.74 Å². The number of rotatable bonds is 4. The van der Waals surface area contributed by atoms with Crippen LogP contribution in [0.1, 0.15) is 24.8 Å². The largest absolute Gasteiger partial charge is 0.497 e. The molecule has 26 heavy (non-hydrogen) atoms. The molecule has 0 bridgehead atoms. The van der Waals surface area contributed by atoms with Crippen LogP contribution in [0.5, 0.6) is 5.75 Å².